The number of carbonyl (C=O) groups excluding carboxylic acids is 4. The van der Waals surface area contributed by atoms with Gasteiger partial charge in [0.1, 0.15) is 6.61 Å². The fraction of sp³-hybridized carbons (Fsp3) is 0.412. The van der Waals surface area contributed by atoms with E-state index >= 15 is 0 Å². The van der Waals surface area contributed by atoms with Crippen LogP contribution in [-0.2, 0) is 30.6 Å². The number of ether oxygens (including phenoxy) is 1. The monoisotopic (exact) mass is 364 g/mol. The van der Waals surface area contributed by atoms with Crippen LogP contribution in [0.15, 0.2) is 30.3 Å². The number of benzene rings is 1. The van der Waals surface area contributed by atoms with E-state index in [1.165, 1.54) is 0 Å². The first-order valence-electron chi connectivity index (χ1n) is 8.09. The Balaban J connectivity index is 1.72. The largest absolute Gasteiger partial charge is 0.445 e. The van der Waals surface area contributed by atoms with Gasteiger partial charge in [-0.15, -0.1) is 5.06 Å². The van der Waals surface area contributed by atoms with Crippen LogP contribution in [0.25, 0.3) is 0 Å². The molecule has 3 amide bonds. The molecule has 0 bridgehead atoms. The zero-order valence-electron chi connectivity index (χ0n) is 14.2. The number of imide groups is 1. The zero-order valence-corrected chi connectivity index (χ0v) is 14.2. The van der Waals surface area contributed by atoms with Gasteiger partial charge < -0.3 is 20.0 Å². The highest BCUT2D eigenvalue weighted by molar-refractivity contribution is 6.01. The Hall–Kier alpha value is -2.94. The normalized spacial score (nSPS) is 16.2. The lowest BCUT2D eigenvalue weighted by molar-refractivity contribution is -0.203. The van der Waals surface area contributed by atoms with Crippen molar-refractivity contribution in [2.75, 3.05) is 0 Å². The van der Waals surface area contributed by atoms with Gasteiger partial charge in [0.05, 0.1) is 0 Å². The lowest BCUT2D eigenvalue weighted by Gasteiger charge is -2.19. The molecule has 1 fully saturated rings. The Morgan fingerprint density at radius 2 is 1.81 bits per heavy atom. The fourth-order valence-corrected chi connectivity index (χ4v) is 2.26. The van der Waals surface area contributed by atoms with Gasteiger partial charge in [-0.25, -0.2) is 9.59 Å². The SMILES string of the molecule is CC(C[C@H](O)C(=O)ON1C(=O)CCC1=O)NC(=O)OCc1ccccc1. The summed E-state index contributed by atoms with van der Waals surface area (Å²) in [6.07, 6.45) is -2.55. The molecule has 140 valence electrons. The van der Waals surface area contributed by atoms with Gasteiger partial charge in [-0.05, 0) is 12.5 Å². The summed E-state index contributed by atoms with van der Waals surface area (Å²) in [5.74, 6) is -2.41. The average Bonchev–Trinajstić information content (AvgIpc) is 2.92. The molecule has 0 saturated carbocycles. The lowest BCUT2D eigenvalue weighted by atomic mass is 10.1. The number of nitrogens with one attached hydrogen (secondary N) is 1. The maximum absolute atomic E-state index is 11.8. The van der Waals surface area contributed by atoms with Crippen molar-refractivity contribution in [1.82, 2.24) is 10.4 Å². The molecule has 1 saturated heterocycles. The van der Waals surface area contributed by atoms with Crippen LogP contribution < -0.4 is 5.32 Å². The Morgan fingerprint density at radius 3 is 2.42 bits per heavy atom. The molecule has 2 N–H and O–H groups in total. The third-order valence-electron chi connectivity index (χ3n) is 3.61. The van der Waals surface area contributed by atoms with Gasteiger partial charge in [0.25, 0.3) is 11.8 Å². The molecule has 1 heterocycles. The second-order valence-corrected chi connectivity index (χ2v) is 5.85. The standard InChI is InChI=1S/C17H20N2O7/c1-11(18-17(24)25-10-12-5-3-2-4-6-12)9-13(20)16(23)26-19-14(21)7-8-15(19)22/h2-6,11,13,20H,7-10H2,1H3,(H,18,24)/t11?,13-/m0/s1. The molecule has 2 atom stereocenters. The molecule has 1 aliphatic rings. The van der Waals surface area contributed by atoms with Crippen LogP contribution >= 0.6 is 0 Å². The van der Waals surface area contributed by atoms with Crippen molar-refractivity contribution in [2.45, 2.75) is 44.9 Å². The van der Waals surface area contributed by atoms with E-state index in [4.69, 9.17) is 4.74 Å². The third-order valence-corrected chi connectivity index (χ3v) is 3.61. The van der Waals surface area contributed by atoms with Crippen LogP contribution in [0.2, 0.25) is 0 Å². The average molecular weight is 364 g/mol. The van der Waals surface area contributed by atoms with Crippen molar-refractivity contribution in [1.29, 1.82) is 0 Å². The summed E-state index contributed by atoms with van der Waals surface area (Å²) in [6.45, 7) is 1.65. The number of nitrogens with zero attached hydrogens (tertiary/aromatic N) is 1. The minimum absolute atomic E-state index is 0.0343. The number of alkyl carbamates (subject to hydrolysis) is 1. The number of amides is 3. The van der Waals surface area contributed by atoms with Crippen molar-refractivity contribution in [3.63, 3.8) is 0 Å². The number of carbonyl (C=O) groups is 4. The van der Waals surface area contributed by atoms with Crippen LogP contribution in [0.4, 0.5) is 4.79 Å². The van der Waals surface area contributed by atoms with Gasteiger partial charge in [0, 0.05) is 25.3 Å². The number of aliphatic hydroxyl groups excluding tert-OH is 1. The molecule has 9 nitrogen and oxygen atoms in total. The van der Waals surface area contributed by atoms with E-state index in [9.17, 15) is 24.3 Å². The van der Waals surface area contributed by atoms with Gasteiger partial charge in [-0.3, -0.25) is 9.59 Å². The van der Waals surface area contributed by atoms with E-state index in [2.05, 4.69) is 10.2 Å². The molecule has 1 unspecified atom stereocenters. The molecule has 2 rings (SSSR count). The first kappa shape index (κ1) is 19.4. The summed E-state index contributed by atoms with van der Waals surface area (Å²) in [6, 6.07) is 8.48. The topological polar surface area (TPSA) is 122 Å². The van der Waals surface area contributed by atoms with Crippen molar-refractivity contribution in [3.05, 3.63) is 35.9 Å². The molecule has 26 heavy (non-hydrogen) atoms. The predicted molar refractivity (Wildman–Crippen MR) is 87.0 cm³/mol. The predicted octanol–water partition coefficient (Wildman–Crippen LogP) is 0.659. The number of aliphatic hydroxyl groups is 1. The molecule has 0 radical (unpaired) electrons. The van der Waals surface area contributed by atoms with Gasteiger partial charge >= 0.3 is 12.1 Å². The van der Waals surface area contributed by atoms with Gasteiger partial charge in [-0.2, -0.15) is 0 Å². The Kier molecular flexibility index (Phi) is 6.67. The van der Waals surface area contributed by atoms with E-state index in [-0.39, 0.29) is 25.9 Å². The first-order valence-corrected chi connectivity index (χ1v) is 8.09. The maximum Gasteiger partial charge on any atom is 0.407 e. The molecule has 0 aliphatic carbocycles. The smallest absolute Gasteiger partial charge is 0.407 e. The van der Waals surface area contributed by atoms with E-state index in [1.54, 1.807) is 19.1 Å². The molecule has 1 aliphatic heterocycles. The van der Waals surface area contributed by atoms with E-state index < -0.39 is 36.0 Å². The van der Waals surface area contributed by atoms with Crippen molar-refractivity contribution in [2.24, 2.45) is 0 Å². The van der Waals surface area contributed by atoms with Crippen molar-refractivity contribution >= 4 is 23.9 Å². The summed E-state index contributed by atoms with van der Waals surface area (Å²) >= 11 is 0. The molecule has 1 aromatic rings. The molecular formula is C17H20N2O7. The summed E-state index contributed by atoms with van der Waals surface area (Å²) in [4.78, 5) is 50.8. The number of hydrogen-bond donors (Lipinski definition) is 2. The minimum atomic E-state index is -1.61. The second-order valence-electron chi connectivity index (χ2n) is 5.85. The minimum Gasteiger partial charge on any atom is -0.445 e. The summed E-state index contributed by atoms with van der Waals surface area (Å²) in [7, 11) is 0. The van der Waals surface area contributed by atoms with Crippen LogP contribution in [0.1, 0.15) is 31.7 Å². The second kappa shape index (κ2) is 8.95. The van der Waals surface area contributed by atoms with E-state index in [0.29, 0.717) is 5.06 Å². The summed E-state index contributed by atoms with van der Waals surface area (Å²) in [5, 5.41) is 12.7. The quantitative estimate of drug-likeness (QED) is 0.681. The van der Waals surface area contributed by atoms with Crippen LogP contribution in [0, 0.1) is 0 Å². The summed E-state index contributed by atoms with van der Waals surface area (Å²) in [5.41, 5.74) is 0.818. The van der Waals surface area contributed by atoms with Crippen molar-refractivity contribution in [3.8, 4) is 0 Å². The fourth-order valence-electron chi connectivity index (χ4n) is 2.26. The molecule has 9 heteroatoms. The van der Waals surface area contributed by atoms with E-state index in [0.717, 1.165) is 5.56 Å². The zero-order chi connectivity index (χ0) is 19.1. The number of hydrogen-bond acceptors (Lipinski definition) is 7. The van der Waals surface area contributed by atoms with Gasteiger partial charge in [0.2, 0.25) is 0 Å². The molecule has 0 spiro atoms. The van der Waals surface area contributed by atoms with Gasteiger partial charge in [-0.1, -0.05) is 30.3 Å². The Bertz CT molecular complexity index is 661. The Morgan fingerprint density at radius 1 is 1.19 bits per heavy atom. The Labute approximate surface area is 149 Å². The number of hydroxylamine groups is 2. The third kappa shape index (κ3) is 5.55. The highest BCUT2D eigenvalue weighted by Crippen LogP contribution is 2.13. The lowest BCUT2D eigenvalue weighted by Crippen LogP contribution is -2.41. The maximum atomic E-state index is 11.8. The summed E-state index contributed by atoms with van der Waals surface area (Å²) < 4.78 is 5.03. The van der Waals surface area contributed by atoms with Crippen molar-refractivity contribution < 1.29 is 33.9 Å². The van der Waals surface area contributed by atoms with Crippen LogP contribution in [0.5, 0.6) is 0 Å². The number of rotatable bonds is 7. The van der Waals surface area contributed by atoms with Crippen LogP contribution in [-0.4, -0.2) is 46.2 Å². The first-order chi connectivity index (χ1) is 12.4. The van der Waals surface area contributed by atoms with E-state index in [1.807, 2.05) is 18.2 Å². The molecular weight excluding hydrogens is 344 g/mol. The van der Waals surface area contributed by atoms with Crippen LogP contribution in [0.3, 0.4) is 0 Å². The molecule has 1 aromatic carbocycles. The highest BCUT2D eigenvalue weighted by Gasteiger charge is 2.34. The molecule has 0 aromatic heterocycles. The highest BCUT2D eigenvalue weighted by atomic mass is 16.7. The van der Waals surface area contributed by atoms with Gasteiger partial charge in [0.15, 0.2) is 6.10 Å².